The maximum absolute atomic E-state index is 2.66. The Morgan fingerprint density at radius 1 is 0.515 bits per heavy atom. The second-order valence-electron chi connectivity index (χ2n) is 10.4. The molecule has 0 fully saturated rings. The van der Waals surface area contributed by atoms with E-state index in [4.69, 9.17) is 0 Å². The molecule has 190 valence electrons. The zero-order valence-corrected chi connectivity index (χ0v) is 23.8. The molecule has 0 aliphatic rings. The van der Waals surface area contributed by atoms with Crippen molar-refractivity contribution in [3.05, 3.63) is 42.1 Å². The summed E-state index contributed by atoms with van der Waals surface area (Å²) in [5.74, 6) is 0. The summed E-state index contributed by atoms with van der Waals surface area (Å²) >= 11 is 0. The lowest BCUT2D eigenvalue weighted by Crippen LogP contribution is -2.27. The lowest BCUT2D eigenvalue weighted by atomic mass is 10.1. The summed E-state index contributed by atoms with van der Waals surface area (Å²) in [6.45, 7) is 4.61. The van der Waals surface area contributed by atoms with Crippen LogP contribution < -0.4 is 5.19 Å². The highest BCUT2D eigenvalue weighted by Crippen LogP contribution is 2.14. The molecular weight excluding hydrogens is 412 g/mol. The number of unbranched alkanes of at least 4 members (excludes halogenated alkanes) is 19. The summed E-state index contributed by atoms with van der Waals surface area (Å²) in [5, 5.41) is 1.65. The van der Waals surface area contributed by atoms with Gasteiger partial charge in [-0.3, -0.25) is 0 Å². The number of hydrogen-bond acceptors (Lipinski definition) is 0. The molecule has 0 N–H and O–H groups in total. The van der Waals surface area contributed by atoms with Gasteiger partial charge in [-0.2, -0.15) is 0 Å². The maximum Gasteiger partial charge on any atom is 0.0936 e. The van der Waals surface area contributed by atoms with Crippen LogP contribution in [0.3, 0.4) is 0 Å². The van der Waals surface area contributed by atoms with Gasteiger partial charge in [-0.15, -0.1) is 0 Å². The molecule has 0 amide bonds. The Morgan fingerprint density at radius 3 is 1.42 bits per heavy atom. The Kier molecular flexibility index (Phi) is 22.2. The number of allylic oxidation sites excluding steroid dienone is 1. The molecule has 0 bridgehead atoms. The first kappa shape index (κ1) is 30.2. The molecule has 0 aromatic heterocycles. The van der Waals surface area contributed by atoms with Crippen molar-refractivity contribution in [2.75, 3.05) is 0 Å². The van der Waals surface area contributed by atoms with E-state index in [1.54, 1.807) is 5.19 Å². The van der Waals surface area contributed by atoms with Gasteiger partial charge in [0.1, 0.15) is 0 Å². The highest BCUT2D eigenvalue weighted by atomic mass is 28.3. The molecule has 0 nitrogen and oxygen atoms in total. The van der Waals surface area contributed by atoms with E-state index in [0.717, 1.165) is 0 Å². The lowest BCUT2D eigenvalue weighted by Gasteiger charge is -2.12. The van der Waals surface area contributed by atoms with E-state index >= 15 is 0 Å². The minimum Gasteiger partial charge on any atom is -0.0968 e. The van der Waals surface area contributed by atoms with Crippen LogP contribution in [0.25, 0.3) is 0 Å². The van der Waals surface area contributed by atoms with Gasteiger partial charge in [0.2, 0.25) is 0 Å². The van der Waals surface area contributed by atoms with Gasteiger partial charge in [-0.1, -0.05) is 189 Å². The Labute approximate surface area is 210 Å². The van der Waals surface area contributed by atoms with E-state index in [1.807, 2.05) is 0 Å². The Morgan fingerprint density at radius 2 is 0.939 bits per heavy atom. The highest BCUT2D eigenvalue weighted by Gasteiger charge is 2.09. The van der Waals surface area contributed by atoms with Crippen molar-refractivity contribution in [2.45, 2.75) is 155 Å². The van der Waals surface area contributed by atoms with Crippen LogP contribution in [0.5, 0.6) is 0 Å². The molecule has 1 aromatic carbocycles. The van der Waals surface area contributed by atoms with Gasteiger partial charge in [-0.25, -0.2) is 0 Å². The summed E-state index contributed by atoms with van der Waals surface area (Å²) < 4.78 is 0. The van der Waals surface area contributed by atoms with Crippen molar-refractivity contribution in [1.82, 2.24) is 0 Å². The molecule has 0 saturated carbocycles. The van der Waals surface area contributed by atoms with Crippen LogP contribution in [0.1, 0.15) is 149 Å². The van der Waals surface area contributed by atoms with Crippen LogP contribution in [-0.4, -0.2) is 8.80 Å². The third-order valence-corrected chi connectivity index (χ3v) is 10.2. The summed E-state index contributed by atoms with van der Waals surface area (Å²) in [5.41, 5.74) is 2.66. The number of benzene rings is 1. The normalized spacial score (nSPS) is 12.5. The van der Waals surface area contributed by atoms with Gasteiger partial charge in [0.25, 0.3) is 0 Å². The Bertz CT molecular complexity index is 521. The van der Waals surface area contributed by atoms with Gasteiger partial charge in [0.05, 0.1) is 8.80 Å². The molecule has 0 aliphatic carbocycles. The molecule has 1 unspecified atom stereocenters. The summed E-state index contributed by atoms with van der Waals surface area (Å²) in [4.78, 5) is 0. The predicted molar refractivity (Wildman–Crippen MR) is 155 cm³/mol. The molecule has 33 heavy (non-hydrogen) atoms. The van der Waals surface area contributed by atoms with E-state index in [-0.39, 0.29) is 0 Å². The summed E-state index contributed by atoms with van der Waals surface area (Å²) in [7, 11) is -0.935. The van der Waals surface area contributed by atoms with E-state index in [1.165, 1.54) is 141 Å². The standard InChI is InChI=1S/C32H58Si/c1-3-5-7-9-11-13-15-16-18-20-22-27-31-33(32-28-24-23-25-29-32)30-26-21-19-17-14-12-10-8-6-4-2/h23-26,28-30,33H,3-22,27,31H2,1-2H3/b30-26+. The predicted octanol–water partition coefficient (Wildman–Crippen LogP) is 10.4. The molecule has 1 rings (SSSR count). The fraction of sp³-hybridized carbons (Fsp3) is 0.750. The minimum absolute atomic E-state index is 0.935. The van der Waals surface area contributed by atoms with Crippen LogP contribution >= 0.6 is 0 Å². The third kappa shape index (κ3) is 19.2. The van der Waals surface area contributed by atoms with Crippen molar-refractivity contribution < 1.29 is 0 Å². The van der Waals surface area contributed by atoms with Gasteiger partial charge in [-0.05, 0) is 12.8 Å². The van der Waals surface area contributed by atoms with Crippen LogP contribution in [0.15, 0.2) is 42.1 Å². The van der Waals surface area contributed by atoms with Crippen LogP contribution in [0.4, 0.5) is 0 Å². The Hall–Kier alpha value is -0.823. The highest BCUT2D eigenvalue weighted by molar-refractivity contribution is 6.77. The second-order valence-corrected chi connectivity index (χ2v) is 13.2. The Balaban J connectivity index is 2.12. The quantitative estimate of drug-likeness (QED) is 0.104. The van der Waals surface area contributed by atoms with Crippen molar-refractivity contribution in [2.24, 2.45) is 0 Å². The molecule has 1 atom stereocenters. The molecule has 0 radical (unpaired) electrons. The van der Waals surface area contributed by atoms with Gasteiger partial charge in [0, 0.05) is 0 Å². The molecule has 1 heteroatoms. The maximum atomic E-state index is 2.66. The van der Waals surface area contributed by atoms with E-state index in [9.17, 15) is 0 Å². The van der Waals surface area contributed by atoms with Crippen molar-refractivity contribution in [1.29, 1.82) is 0 Å². The van der Waals surface area contributed by atoms with E-state index in [2.05, 4.69) is 56.0 Å². The monoisotopic (exact) mass is 470 g/mol. The van der Waals surface area contributed by atoms with Crippen molar-refractivity contribution in [3.63, 3.8) is 0 Å². The van der Waals surface area contributed by atoms with Crippen LogP contribution in [0, 0.1) is 0 Å². The first-order valence-corrected chi connectivity index (χ1v) is 17.2. The van der Waals surface area contributed by atoms with Gasteiger partial charge in [0.15, 0.2) is 0 Å². The number of rotatable bonds is 24. The second kappa shape index (κ2) is 24.3. The zero-order valence-electron chi connectivity index (χ0n) is 22.7. The molecule has 0 saturated heterocycles. The number of hydrogen-bond donors (Lipinski definition) is 0. The van der Waals surface area contributed by atoms with Crippen molar-refractivity contribution in [3.8, 4) is 0 Å². The zero-order chi connectivity index (χ0) is 23.7. The smallest absolute Gasteiger partial charge is 0.0936 e. The summed E-state index contributed by atoms with van der Waals surface area (Å²) in [6, 6.07) is 12.9. The SMILES string of the molecule is CCCCCCCCCC/C=C/[SiH](CCCCCCCCCCCCCC)c1ccccc1. The first-order valence-electron chi connectivity index (χ1n) is 15.1. The largest absolute Gasteiger partial charge is 0.0968 e. The van der Waals surface area contributed by atoms with Crippen LogP contribution in [-0.2, 0) is 0 Å². The molecule has 0 aliphatic heterocycles. The minimum atomic E-state index is -0.935. The van der Waals surface area contributed by atoms with E-state index < -0.39 is 8.80 Å². The molecular formula is C32H58Si. The van der Waals surface area contributed by atoms with E-state index in [0.29, 0.717) is 0 Å². The lowest BCUT2D eigenvalue weighted by molar-refractivity contribution is 0.547. The fourth-order valence-electron chi connectivity index (χ4n) is 4.94. The molecule has 0 heterocycles. The average Bonchev–Trinajstić information content (AvgIpc) is 2.85. The third-order valence-electron chi connectivity index (χ3n) is 7.19. The fourth-order valence-corrected chi connectivity index (χ4v) is 7.65. The topological polar surface area (TPSA) is 0 Å². The first-order chi connectivity index (χ1) is 16.4. The van der Waals surface area contributed by atoms with Crippen LogP contribution in [0.2, 0.25) is 6.04 Å². The van der Waals surface area contributed by atoms with Crippen molar-refractivity contribution >= 4 is 14.0 Å². The molecule has 1 aromatic rings. The molecule has 0 spiro atoms. The summed E-state index contributed by atoms with van der Waals surface area (Å²) in [6.07, 6.45) is 32.6. The van der Waals surface area contributed by atoms with Gasteiger partial charge < -0.3 is 0 Å². The van der Waals surface area contributed by atoms with Gasteiger partial charge >= 0.3 is 0 Å². The average molecular weight is 471 g/mol.